The summed E-state index contributed by atoms with van der Waals surface area (Å²) in [6, 6.07) is 20.0. The zero-order valence-corrected chi connectivity index (χ0v) is 19.2. The minimum absolute atomic E-state index is 0.0954. The lowest BCUT2D eigenvalue weighted by molar-refractivity contribution is -0.134. The minimum atomic E-state index is -1.13. The summed E-state index contributed by atoms with van der Waals surface area (Å²) in [6.45, 7) is 2.17. The van der Waals surface area contributed by atoms with E-state index >= 15 is 0 Å². The predicted octanol–water partition coefficient (Wildman–Crippen LogP) is 4.09. The molecule has 0 bridgehead atoms. The van der Waals surface area contributed by atoms with Crippen LogP contribution in [0.4, 0.5) is 5.69 Å². The van der Waals surface area contributed by atoms with Crippen LogP contribution in [0.25, 0.3) is 10.8 Å². The molecule has 0 saturated heterocycles. The molecule has 3 N–H and O–H groups in total. The van der Waals surface area contributed by atoms with Gasteiger partial charge in [0.15, 0.2) is 0 Å². The number of nitrogens with one attached hydrogen (secondary N) is 1. The van der Waals surface area contributed by atoms with Crippen LogP contribution in [0.1, 0.15) is 24.5 Å². The number of likely N-dealkylation sites (N-methyl/N-ethyl adjacent to an activating group) is 1. The van der Waals surface area contributed by atoms with Crippen molar-refractivity contribution in [3.05, 3.63) is 76.8 Å². The first-order valence-corrected chi connectivity index (χ1v) is 11.3. The van der Waals surface area contributed by atoms with Crippen molar-refractivity contribution in [2.24, 2.45) is 11.7 Å². The standard InChI is InChI=1S/C26H28ClN3O2/c1-26(29-2,25(28)32)21-13-11-18-8-4-6-10-23(18)30(24(21)31)16-15-20-19-9-5-3-7-17(19)12-14-22(20)27/h3-10,12,14,21,29H,11,13,15-16H2,1-2H3,(H2,28,32)/t21-,26?/m1/s1. The molecular formula is C26H28ClN3O2. The number of primary amides is 1. The molecule has 0 aromatic heterocycles. The molecule has 32 heavy (non-hydrogen) atoms. The fraction of sp³-hybridized carbons (Fsp3) is 0.308. The lowest BCUT2D eigenvalue weighted by atomic mass is 9.80. The molecule has 166 valence electrons. The van der Waals surface area contributed by atoms with Crippen molar-refractivity contribution in [1.29, 1.82) is 0 Å². The molecule has 6 heteroatoms. The topological polar surface area (TPSA) is 75.4 Å². The van der Waals surface area contributed by atoms with Crippen molar-refractivity contribution < 1.29 is 9.59 Å². The number of fused-ring (bicyclic) bond motifs is 2. The van der Waals surface area contributed by atoms with Crippen LogP contribution in [0.5, 0.6) is 0 Å². The van der Waals surface area contributed by atoms with Crippen LogP contribution in [0.15, 0.2) is 60.7 Å². The zero-order chi connectivity index (χ0) is 22.9. The Kier molecular flexibility index (Phi) is 6.22. The highest BCUT2D eigenvalue weighted by atomic mass is 35.5. The summed E-state index contributed by atoms with van der Waals surface area (Å²) in [5.41, 5.74) is 7.60. The predicted molar refractivity (Wildman–Crippen MR) is 130 cm³/mol. The van der Waals surface area contributed by atoms with Gasteiger partial charge in [-0.2, -0.15) is 0 Å². The SMILES string of the molecule is CNC(C)(C(N)=O)[C@@H]1CCc2ccccc2N(CCc2c(Cl)ccc3ccccc23)C1=O. The molecule has 1 unspecified atom stereocenters. The Labute approximate surface area is 193 Å². The summed E-state index contributed by atoms with van der Waals surface area (Å²) in [4.78, 5) is 28.0. The Balaban J connectivity index is 1.73. The molecule has 0 radical (unpaired) electrons. The number of hydrogen-bond acceptors (Lipinski definition) is 3. The van der Waals surface area contributed by atoms with Crippen molar-refractivity contribution in [2.75, 3.05) is 18.5 Å². The van der Waals surface area contributed by atoms with Crippen molar-refractivity contribution in [3.8, 4) is 0 Å². The van der Waals surface area contributed by atoms with E-state index in [4.69, 9.17) is 17.3 Å². The highest BCUT2D eigenvalue weighted by Crippen LogP contribution is 2.35. The van der Waals surface area contributed by atoms with E-state index in [0.717, 1.165) is 27.6 Å². The van der Waals surface area contributed by atoms with E-state index < -0.39 is 17.4 Å². The van der Waals surface area contributed by atoms with Gasteiger partial charge in [-0.05, 0) is 67.3 Å². The Morgan fingerprint density at radius 1 is 1.16 bits per heavy atom. The normalized spacial score (nSPS) is 18.2. The highest BCUT2D eigenvalue weighted by molar-refractivity contribution is 6.32. The lowest BCUT2D eigenvalue weighted by Crippen LogP contribution is -2.61. The Morgan fingerprint density at radius 3 is 2.62 bits per heavy atom. The molecule has 0 spiro atoms. The van der Waals surface area contributed by atoms with E-state index in [0.29, 0.717) is 30.8 Å². The Hall–Kier alpha value is -2.89. The second-order valence-electron chi connectivity index (χ2n) is 8.52. The second-order valence-corrected chi connectivity index (χ2v) is 8.93. The number of nitrogens with zero attached hydrogens (tertiary/aromatic N) is 1. The van der Waals surface area contributed by atoms with Gasteiger partial charge in [-0.3, -0.25) is 9.59 Å². The van der Waals surface area contributed by atoms with Gasteiger partial charge in [0.1, 0.15) is 5.54 Å². The van der Waals surface area contributed by atoms with Gasteiger partial charge >= 0.3 is 0 Å². The maximum absolute atomic E-state index is 13.8. The monoisotopic (exact) mass is 449 g/mol. The number of carbonyl (C=O) groups is 2. The summed E-state index contributed by atoms with van der Waals surface area (Å²) in [6.07, 6.45) is 1.84. The molecule has 1 aliphatic heterocycles. The van der Waals surface area contributed by atoms with Gasteiger partial charge < -0.3 is 16.0 Å². The van der Waals surface area contributed by atoms with Crippen molar-refractivity contribution >= 4 is 39.9 Å². The maximum Gasteiger partial charge on any atom is 0.238 e. The number of para-hydroxylation sites is 1. The maximum atomic E-state index is 13.8. The number of hydrogen-bond donors (Lipinski definition) is 2. The molecule has 2 atom stereocenters. The first-order chi connectivity index (χ1) is 15.4. The first-order valence-electron chi connectivity index (χ1n) is 10.9. The third kappa shape index (κ3) is 3.87. The van der Waals surface area contributed by atoms with Crippen LogP contribution in [-0.4, -0.2) is 30.9 Å². The minimum Gasteiger partial charge on any atom is -0.368 e. The van der Waals surface area contributed by atoms with E-state index in [2.05, 4.69) is 17.4 Å². The number of benzene rings is 3. The van der Waals surface area contributed by atoms with Crippen LogP contribution in [0.2, 0.25) is 5.02 Å². The van der Waals surface area contributed by atoms with Gasteiger partial charge in [0.2, 0.25) is 11.8 Å². The van der Waals surface area contributed by atoms with E-state index in [1.807, 2.05) is 53.4 Å². The molecular weight excluding hydrogens is 422 g/mol. The average molecular weight is 450 g/mol. The Morgan fingerprint density at radius 2 is 1.88 bits per heavy atom. The summed E-state index contributed by atoms with van der Waals surface area (Å²) in [5.74, 6) is -1.19. The van der Waals surface area contributed by atoms with Crippen LogP contribution < -0.4 is 16.0 Å². The summed E-state index contributed by atoms with van der Waals surface area (Å²) in [7, 11) is 1.68. The van der Waals surface area contributed by atoms with Crippen LogP contribution in [-0.2, 0) is 22.4 Å². The average Bonchev–Trinajstić information content (AvgIpc) is 2.94. The molecule has 4 rings (SSSR count). The van der Waals surface area contributed by atoms with Gasteiger partial charge in [0.25, 0.3) is 0 Å². The summed E-state index contributed by atoms with van der Waals surface area (Å²) < 4.78 is 0. The fourth-order valence-electron chi connectivity index (χ4n) is 4.74. The van der Waals surface area contributed by atoms with Gasteiger partial charge in [-0.15, -0.1) is 0 Å². The smallest absolute Gasteiger partial charge is 0.238 e. The quantitative estimate of drug-likeness (QED) is 0.595. The van der Waals surface area contributed by atoms with Gasteiger partial charge in [-0.1, -0.05) is 60.1 Å². The van der Waals surface area contributed by atoms with Crippen LogP contribution in [0, 0.1) is 5.92 Å². The van der Waals surface area contributed by atoms with Gasteiger partial charge in [0, 0.05) is 17.3 Å². The van der Waals surface area contributed by atoms with E-state index in [-0.39, 0.29) is 5.91 Å². The molecule has 0 fully saturated rings. The van der Waals surface area contributed by atoms with E-state index in [1.54, 1.807) is 14.0 Å². The van der Waals surface area contributed by atoms with Crippen LogP contribution >= 0.6 is 11.6 Å². The van der Waals surface area contributed by atoms with E-state index in [1.165, 1.54) is 0 Å². The summed E-state index contributed by atoms with van der Waals surface area (Å²) in [5, 5.41) is 5.91. The number of carbonyl (C=O) groups excluding carboxylic acids is 2. The number of anilines is 1. The molecule has 0 saturated carbocycles. The largest absolute Gasteiger partial charge is 0.368 e. The van der Waals surface area contributed by atoms with Gasteiger partial charge in [0.05, 0.1) is 5.92 Å². The highest BCUT2D eigenvalue weighted by Gasteiger charge is 2.45. The third-order valence-corrected chi connectivity index (χ3v) is 7.20. The first kappa shape index (κ1) is 22.3. The second kappa shape index (κ2) is 8.93. The molecule has 2 amide bonds. The molecule has 3 aromatic carbocycles. The lowest BCUT2D eigenvalue weighted by Gasteiger charge is -2.35. The number of halogens is 1. The Bertz CT molecular complexity index is 1180. The number of nitrogens with two attached hydrogens (primary N) is 1. The molecule has 5 nitrogen and oxygen atoms in total. The molecule has 0 aliphatic carbocycles. The number of rotatable bonds is 6. The van der Waals surface area contributed by atoms with E-state index in [9.17, 15) is 9.59 Å². The fourth-order valence-corrected chi connectivity index (χ4v) is 5.00. The zero-order valence-electron chi connectivity index (χ0n) is 18.4. The number of aryl methyl sites for hydroxylation is 1. The molecule has 3 aromatic rings. The van der Waals surface area contributed by atoms with Gasteiger partial charge in [-0.25, -0.2) is 0 Å². The molecule has 1 heterocycles. The van der Waals surface area contributed by atoms with Crippen molar-refractivity contribution in [1.82, 2.24) is 5.32 Å². The molecule has 1 aliphatic rings. The van der Waals surface area contributed by atoms with Crippen molar-refractivity contribution in [2.45, 2.75) is 31.7 Å². The van der Waals surface area contributed by atoms with Crippen LogP contribution in [0.3, 0.4) is 0 Å². The number of amides is 2. The van der Waals surface area contributed by atoms with Crippen molar-refractivity contribution in [3.63, 3.8) is 0 Å². The summed E-state index contributed by atoms with van der Waals surface area (Å²) >= 11 is 6.58. The third-order valence-electron chi connectivity index (χ3n) is 6.85.